The second-order valence-electron chi connectivity index (χ2n) is 4.70. The quantitative estimate of drug-likeness (QED) is 0.807. The fourth-order valence-electron chi connectivity index (χ4n) is 2.32. The molecule has 0 aliphatic rings. The Hall–Kier alpha value is -2.34. The van der Waals surface area contributed by atoms with E-state index in [4.69, 9.17) is 11.5 Å². The lowest BCUT2D eigenvalue weighted by atomic mass is 9.92. The summed E-state index contributed by atoms with van der Waals surface area (Å²) in [5.74, 6) is -0.167. The molecular weight excluding hydrogens is 256 g/mol. The molecule has 106 valence electrons. The van der Waals surface area contributed by atoms with Crippen molar-refractivity contribution in [3.05, 3.63) is 62.3 Å². The normalized spacial score (nSPS) is 12.3. The number of hydrogen-bond donors (Lipinski definition) is 2. The van der Waals surface area contributed by atoms with E-state index in [9.17, 15) is 9.59 Å². The van der Waals surface area contributed by atoms with E-state index in [1.54, 1.807) is 7.05 Å². The van der Waals surface area contributed by atoms with E-state index in [-0.39, 0.29) is 18.3 Å². The average Bonchev–Trinajstić information content (AvgIpc) is 2.48. The summed E-state index contributed by atoms with van der Waals surface area (Å²) in [5, 5.41) is 0. The average molecular weight is 274 g/mol. The van der Waals surface area contributed by atoms with E-state index < -0.39 is 11.2 Å². The zero-order chi connectivity index (χ0) is 14.9. The number of nitrogen functional groups attached to an aromatic ring is 1. The Bertz CT molecular complexity index is 731. The van der Waals surface area contributed by atoms with Crippen molar-refractivity contribution >= 4 is 5.82 Å². The van der Waals surface area contributed by atoms with Crippen LogP contribution in [0.25, 0.3) is 0 Å². The van der Waals surface area contributed by atoms with Crippen LogP contribution < -0.4 is 22.7 Å². The third kappa shape index (κ3) is 2.14. The van der Waals surface area contributed by atoms with Crippen molar-refractivity contribution in [1.82, 2.24) is 9.13 Å². The first-order chi connectivity index (χ1) is 9.49. The molecule has 1 unspecified atom stereocenters. The molecule has 1 heterocycles. The van der Waals surface area contributed by atoms with Crippen molar-refractivity contribution in [2.24, 2.45) is 19.8 Å². The molecule has 0 spiro atoms. The monoisotopic (exact) mass is 274 g/mol. The van der Waals surface area contributed by atoms with Gasteiger partial charge in [0.15, 0.2) is 0 Å². The Labute approximate surface area is 116 Å². The first-order valence-electron chi connectivity index (χ1n) is 6.29. The van der Waals surface area contributed by atoms with E-state index in [1.165, 1.54) is 11.6 Å². The smallest absolute Gasteiger partial charge is 0.332 e. The molecule has 20 heavy (non-hydrogen) atoms. The maximum Gasteiger partial charge on any atom is 0.332 e. The van der Waals surface area contributed by atoms with Gasteiger partial charge in [-0.25, -0.2) is 4.79 Å². The Balaban J connectivity index is 2.75. The van der Waals surface area contributed by atoms with Crippen molar-refractivity contribution in [1.29, 1.82) is 0 Å². The molecule has 2 rings (SSSR count). The van der Waals surface area contributed by atoms with Crippen LogP contribution >= 0.6 is 0 Å². The molecule has 0 radical (unpaired) electrons. The maximum absolute atomic E-state index is 12.4. The van der Waals surface area contributed by atoms with Crippen molar-refractivity contribution < 1.29 is 0 Å². The van der Waals surface area contributed by atoms with Crippen LogP contribution in [0.5, 0.6) is 0 Å². The molecule has 0 saturated heterocycles. The highest BCUT2D eigenvalue weighted by Gasteiger charge is 2.22. The van der Waals surface area contributed by atoms with Crippen LogP contribution in [0.2, 0.25) is 0 Å². The van der Waals surface area contributed by atoms with Crippen molar-refractivity contribution in [2.75, 3.05) is 12.3 Å². The molecule has 6 nitrogen and oxygen atoms in total. The highest BCUT2D eigenvalue weighted by Crippen LogP contribution is 2.24. The second kappa shape index (κ2) is 5.34. The van der Waals surface area contributed by atoms with E-state index in [2.05, 4.69) is 0 Å². The molecule has 6 heteroatoms. The number of hydrogen-bond acceptors (Lipinski definition) is 4. The molecule has 0 bridgehead atoms. The summed E-state index contributed by atoms with van der Waals surface area (Å²) in [6.45, 7) is 0.238. The standard InChI is InChI=1S/C14H18N4O2/c1-17-12(16)11(13(19)18(2)14(17)20)10(8-15)9-6-4-3-5-7-9/h3-7,10H,8,15-16H2,1-2H3. The topological polar surface area (TPSA) is 96.0 Å². The van der Waals surface area contributed by atoms with E-state index in [0.29, 0.717) is 5.56 Å². The number of benzene rings is 1. The lowest BCUT2D eigenvalue weighted by Gasteiger charge is -2.19. The van der Waals surface area contributed by atoms with Gasteiger partial charge < -0.3 is 11.5 Å². The minimum Gasteiger partial charge on any atom is -0.385 e. The minimum atomic E-state index is -0.444. The van der Waals surface area contributed by atoms with Gasteiger partial charge in [0.25, 0.3) is 5.56 Å². The van der Waals surface area contributed by atoms with Gasteiger partial charge in [-0.05, 0) is 5.56 Å². The first kappa shape index (κ1) is 14.1. The molecule has 0 aliphatic carbocycles. The molecule has 0 saturated carbocycles. The minimum absolute atomic E-state index is 0.164. The van der Waals surface area contributed by atoms with E-state index in [1.807, 2.05) is 30.3 Å². The summed E-state index contributed by atoms with van der Waals surface area (Å²) in [7, 11) is 2.98. The van der Waals surface area contributed by atoms with Crippen LogP contribution in [0.4, 0.5) is 5.82 Å². The van der Waals surface area contributed by atoms with Gasteiger partial charge in [-0.1, -0.05) is 30.3 Å². The lowest BCUT2D eigenvalue weighted by molar-refractivity contribution is 0.660. The number of anilines is 1. The van der Waals surface area contributed by atoms with E-state index in [0.717, 1.165) is 10.1 Å². The zero-order valence-corrected chi connectivity index (χ0v) is 11.5. The molecule has 0 fully saturated rings. The zero-order valence-electron chi connectivity index (χ0n) is 11.5. The van der Waals surface area contributed by atoms with Gasteiger partial charge in [0.05, 0.1) is 5.56 Å². The largest absolute Gasteiger partial charge is 0.385 e. The van der Waals surface area contributed by atoms with Gasteiger partial charge in [-0.15, -0.1) is 0 Å². The number of nitrogens with zero attached hydrogens (tertiary/aromatic N) is 2. The Kier molecular flexibility index (Phi) is 3.76. The molecule has 1 aromatic carbocycles. The molecule has 2 aromatic rings. The van der Waals surface area contributed by atoms with Crippen molar-refractivity contribution in [3.8, 4) is 0 Å². The van der Waals surface area contributed by atoms with Crippen LogP contribution in [0.15, 0.2) is 39.9 Å². The number of rotatable bonds is 3. The molecule has 0 amide bonds. The molecule has 4 N–H and O–H groups in total. The Morgan fingerprint density at radius 3 is 2.25 bits per heavy atom. The number of aromatic nitrogens is 2. The van der Waals surface area contributed by atoms with Crippen molar-refractivity contribution in [3.63, 3.8) is 0 Å². The summed E-state index contributed by atoms with van der Waals surface area (Å²) < 4.78 is 2.32. The van der Waals surface area contributed by atoms with Gasteiger partial charge in [0.2, 0.25) is 0 Å². The Morgan fingerprint density at radius 1 is 1.10 bits per heavy atom. The van der Waals surface area contributed by atoms with Gasteiger partial charge in [0, 0.05) is 26.6 Å². The van der Waals surface area contributed by atoms with Crippen LogP contribution in [0.1, 0.15) is 17.0 Å². The summed E-state index contributed by atoms with van der Waals surface area (Å²) in [5.41, 5.74) is 12.2. The summed E-state index contributed by atoms with van der Waals surface area (Å²) in [6.07, 6.45) is 0. The third-order valence-corrected chi connectivity index (χ3v) is 3.53. The van der Waals surface area contributed by atoms with Gasteiger partial charge in [-0.3, -0.25) is 13.9 Å². The van der Waals surface area contributed by atoms with Gasteiger partial charge in [0.1, 0.15) is 5.82 Å². The van der Waals surface area contributed by atoms with Crippen LogP contribution in [-0.4, -0.2) is 15.7 Å². The summed E-state index contributed by atoms with van der Waals surface area (Å²) in [6, 6.07) is 9.42. The highest BCUT2D eigenvalue weighted by molar-refractivity contribution is 5.46. The molecule has 1 aromatic heterocycles. The van der Waals surface area contributed by atoms with Crippen LogP contribution in [0.3, 0.4) is 0 Å². The van der Waals surface area contributed by atoms with Gasteiger partial charge >= 0.3 is 5.69 Å². The van der Waals surface area contributed by atoms with Crippen LogP contribution in [0, 0.1) is 0 Å². The fourth-order valence-corrected chi connectivity index (χ4v) is 2.32. The second-order valence-corrected chi connectivity index (χ2v) is 4.70. The lowest BCUT2D eigenvalue weighted by Crippen LogP contribution is -2.42. The predicted molar refractivity (Wildman–Crippen MR) is 78.7 cm³/mol. The highest BCUT2D eigenvalue weighted by atomic mass is 16.2. The fraction of sp³-hybridized carbons (Fsp3) is 0.286. The maximum atomic E-state index is 12.4. The van der Waals surface area contributed by atoms with Crippen molar-refractivity contribution in [2.45, 2.75) is 5.92 Å². The van der Waals surface area contributed by atoms with Crippen LogP contribution in [-0.2, 0) is 14.1 Å². The third-order valence-electron chi connectivity index (χ3n) is 3.53. The first-order valence-corrected chi connectivity index (χ1v) is 6.29. The number of nitrogens with two attached hydrogens (primary N) is 2. The SMILES string of the molecule is Cn1c(N)c(C(CN)c2ccccc2)c(=O)n(C)c1=O. The summed E-state index contributed by atoms with van der Waals surface area (Å²) >= 11 is 0. The molecule has 0 aliphatic heterocycles. The van der Waals surface area contributed by atoms with E-state index >= 15 is 0 Å². The molecular formula is C14H18N4O2. The van der Waals surface area contributed by atoms with Gasteiger partial charge in [-0.2, -0.15) is 0 Å². The predicted octanol–water partition coefficient (Wildman–Crippen LogP) is -0.243. The Morgan fingerprint density at radius 2 is 1.70 bits per heavy atom. The molecule has 1 atom stereocenters. The summed E-state index contributed by atoms with van der Waals surface area (Å²) in [4.78, 5) is 24.2.